The Bertz CT molecular complexity index is 1080. The maximum atomic E-state index is 12.3. The van der Waals surface area contributed by atoms with E-state index < -0.39 is 10.9 Å². The summed E-state index contributed by atoms with van der Waals surface area (Å²) in [7, 11) is 0. The molecule has 2 aromatic carbocycles. The molecule has 1 heterocycles. The van der Waals surface area contributed by atoms with Crippen LogP contribution in [0.4, 0.5) is 5.69 Å². The minimum atomic E-state index is -0.642. The SMILES string of the molecule is CCOc1cc(/C=C2\N=C(c3ccc(C)c([N+](=O)[O-])c3)OC2=O)cc(Br)c1OCC. The fourth-order valence-corrected chi connectivity index (χ4v) is 3.42. The van der Waals surface area contributed by atoms with E-state index in [-0.39, 0.29) is 17.3 Å². The monoisotopic (exact) mass is 474 g/mol. The van der Waals surface area contributed by atoms with Gasteiger partial charge in [-0.3, -0.25) is 10.1 Å². The highest BCUT2D eigenvalue weighted by Crippen LogP contribution is 2.38. The third-order valence-corrected chi connectivity index (χ3v) is 4.79. The molecule has 1 aliphatic heterocycles. The van der Waals surface area contributed by atoms with Crippen LogP contribution in [0.1, 0.15) is 30.5 Å². The molecule has 0 radical (unpaired) electrons. The Morgan fingerprint density at radius 3 is 2.60 bits per heavy atom. The van der Waals surface area contributed by atoms with Gasteiger partial charge in [-0.1, -0.05) is 6.07 Å². The average molecular weight is 475 g/mol. The second kappa shape index (κ2) is 9.08. The number of aliphatic imine (C=N–C) groups is 1. The van der Waals surface area contributed by atoms with E-state index in [2.05, 4.69) is 20.9 Å². The molecule has 156 valence electrons. The minimum Gasteiger partial charge on any atom is -0.490 e. The molecule has 0 aliphatic carbocycles. The molecule has 0 atom stereocenters. The van der Waals surface area contributed by atoms with Crippen LogP contribution in [0.2, 0.25) is 0 Å². The van der Waals surface area contributed by atoms with E-state index in [9.17, 15) is 14.9 Å². The minimum absolute atomic E-state index is 0.0179. The number of nitrogens with zero attached hydrogens (tertiary/aromatic N) is 2. The lowest BCUT2D eigenvalue weighted by Crippen LogP contribution is -2.06. The van der Waals surface area contributed by atoms with Gasteiger partial charge in [0.25, 0.3) is 5.69 Å². The van der Waals surface area contributed by atoms with Crippen molar-refractivity contribution in [3.63, 3.8) is 0 Å². The molecular formula is C21H19BrN2O6. The lowest BCUT2D eigenvalue weighted by atomic mass is 10.1. The van der Waals surface area contributed by atoms with Gasteiger partial charge in [0, 0.05) is 17.2 Å². The Morgan fingerprint density at radius 1 is 1.20 bits per heavy atom. The zero-order valence-electron chi connectivity index (χ0n) is 16.6. The van der Waals surface area contributed by atoms with Crippen molar-refractivity contribution in [1.82, 2.24) is 0 Å². The molecule has 0 N–H and O–H groups in total. The second-order valence-corrected chi connectivity index (χ2v) is 7.14. The van der Waals surface area contributed by atoms with Crippen molar-refractivity contribution in [2.24, 2.45) is 4.99 Å². The molecule has 0 aromatic heterocycles. The van der Waals surface area contributed by atoms with Crippen LogP contribution in [0.3, 0.4) is 0 Å². The number of carbonyl (C=O) groups excluding carboxylic acids is 1. The Balaban J connectivity index is 1.98. The Labute approximate surface area is 181 Å². The Morgan fingerprint density at radius 2 is 1.93 bits per heavy atom. The van der Waals surface area contributed by atoms with Gasteiger partial charge in [-0.2, -0.15) is 0 Å². The molecule has 0 fully saturated rings. The van der Waals surface area contributed by atoms with Crippen LogP contribution in [0.5, 0.6) is 11.5 Å². The highest BCUT2D eigenvalue weighted by molar-refractivity contribution is 9.10. The first kappa shape index (κ1) is 21.5. The molecule has 1 aliphatic rings. The van der Waals surface area contributed by atoms with E-state index >= 15 is 0 Å². The van der Waals surface area contributed by atoms with E-state index in [1.54, 1.807) is 37.3 Å². The van der Waals surface area contributed by atoms with Crippen molar-refractivity contribution >= 4 is 39.6 Å². The van der Waals surface area contributed by atoms with Crippen molar-refractivity contribution in [2.75, 3.05) is 13.2 Å². The summed E-state index contributed by atoms with van der Waals surface area (Å²) in [6.07, 6.45) is 1.56. The number of ether oxygens (including phenoxy) is 3. The van der Waals surface area contributed by atoms with E-state index in [1.165, 1.54) is 6.07 Å². The summed E-state index contributed by atoms with van der Waals surface area (Å²) in [6, 6.07) is 8.06. The van der Waals surface area contributed by atoms with Crippen LogP contribution in [-0.2, 0) is 9.53 Å². The smallest absolute Gasteiger partial charge is 0.363 e. The maximum Gasteiger partial charge on any atom is 0.363 e. The van der Waals surface area contributed by atoms with Crippen LogP contribution in [0.25, 0.3) is 6.08 Å². The number of aryl methyl sites for hydroxylation is 1. The number of halogens is 1. The molecular weight excluding hydrogens is 456 g/mol. The third-order valence-electron chi connectivity index (χ3n) is 4.20. The normalized spacial score (nSPS) is 14.5. The molecule has 0 spiro atoms. The summed E-state index contributed by atoms with van der Waals surface area (Å²) in [5.41, 5.74) is 1.52. The van der Waals surface area contributed by atoms with E-state index in [0.29, 0.717) is 45.9 Å². The van der Waals surface area contributed by atoms with E-state index in [4.69, 9.17) is 14.2 Å². The molecule has 0 bridgehead atoms. The molecule has 0 amide bonds. The number of benzene rings is 2. The quantitative estimate of drug-likeness (QED) is 0.247. The van der Waals surface area contributed by atoms with Crippen LogP contribution in [0, 0.1) is 17.0 Å². The van der Waals surface area contributed by atoms with Crippen LogP contribution in [0.15, 0.2) is 45.5 Å². The Hall–Kier alpha value is -3.20. The largest absolute Gasteiger partial charge is 0.490 e. The van der Waals surface area contributed by atoms with Gasteiger partial charge in [-0.25, -0.2) is 9.79 Å². The topological polar surface area (TPSA) is 100 Å². The van der Waals surface area contributed by atoms with Gasteiger partial charge in [-0.15, -0.1) is 0 Å². The molecule has 0 saturated carbocycles. The fraction of sp³-hybridized carbons (Fsp3) is 0.238. The van der Waals surface area contributed by atoms with Crippen LogP contribution >= 0.6 is 15.9 Å². The number of carbonyl (C=O) groups is 1. The molecule has 2 aromatic rings. The summed E-state index contributed by atoms with van der Waals surface area (Å²) >= 11 is 3.46. The van der Waals surface area contributed by atoms with Crippen molar-refractivity contribution in [1.29, 1.82) is 0 Å². The second-order valence-electron chi connectivity index (χ2n) is 6.29. The zero-order chi connectivity index (χ0) is 21.8. The molecule has 3 rings (SSSR count). The molecule has 8 nitrogen and oxygen atoms in total. The fourth-order valence-electron chi connectivity index (χ4n) is 2.85. The first-order valence-corrected chi connectivity index (χ1v) is 10.0. The Kier molecular flexibility index (Phi) is 6.51. The summed E-state index contributed by atoms with van der Waals surface area (Å²) in [4.78, 5) is 27.2. The predicted octanol–water partition coefficient (Wildman–Crippen LogP) is 4.81. The van der Waals surface area contributed by atoms with Gasteiger partial charge in [0.1, 0.15) is 0 Å². The summed E-state index contributed by atoms with van der Waals surface area (Å²) in [5, 5.41) is 11.2. The van der Waals surface area contributed by atoms with Crippen molar-refractivity contribution in [3.8, 4) is 11.5 Å². The van der Waals surface area contributed by atoms with Crippen molar-refractivity contribution < 1.29 is 23.9 Å². The van der Waals surface area contributed by atoms with Gasteiger partial charge in [0.05, 0.1) is 22.6 Å². The van der Waals surface area contributed by atoms with Crippen LogP contribution in [-0.4, -0.2) is 30.0 Å². The first-order valence-electron chi connectivity index (χ1n) is 9.21. The predicted molar refractivity (Wildman–Crippen MR) is 115 cm³/mol. The molecule has 9 heteroatoms. The number of cyclic esters (lactones) is 1. The third kappa shape index (κ3) is 4.51. The van der Waals surface area contributed by atoms with E-state index in [0.717, 1.165) is 0 Å². The molecule has 0 unspecified atom stereocenters. The standard InChI is InChI=1S/C21H19BrN2O6/c1-4-28-18-10-13(8-15(22)19(18)29-5-2)9-16-21(25)30-20(23-16)14-7-6-12(3)17(11-14)24(26)27/h6-11H,4-5H2,1-3H3/b16-9-. The number of hydrogen-bond donors (Lipinski definition) is 0. The van der Waals surface area contributed by atoms with Crippen LogP contribution < -0.4 is 9.47 Å². The lowest BCUT2D eigenvalue weighted by Gasteiger charge is -2.13. The average Bonchev–Trinajstić information content (AvgIpc) is 3.05. The van der Waals surface area contributed by atoms with Crippen molar-refractivity contribution in [3.05, 3.63) is 67.3 Å². The number of rotatable bonds is 7. The molecule has 30 heavy (non-hydrogen) atoms. The summed E-state index contributed by atoms with van der Waals surface area (Å²) in [6.45, 7) is 6.29. The van der Waals surface area contributed by atoms with E-state index in [1.807, 2.05) is 13.8 Å². The van der Waals surface area contributed by atoms with Crippen molar-refractivity contribution in [2.45, 2.75) is 20.8 Å². The number of hydrogen-bond acceptors (Lipinski definition) is 7. The highest BCUT2D eigenvalue weighted by atomic mass is 79.9. The molecule has 0 saturated heterocycles. The highest BCUT2D eigenvalue weighted by Gasteiger charge is 2.26. The van der Waals surface area contributed by atoms with Gasteiger partial charge >= 0.3 is 5.97 Å². The first-order chi connectivity index (χ1) is 14.3. The summed E-state index contributed by atoms with van der Waals surface area (Å²) < 4.78 is 17.2. The number of esters is 1. The number of nitro benzene ring substituents is 1. The lowest BCUT2D eigenvalue weighted by molar-refractivity contribution is -0.385. The van der Waals surface area contributed by atoms with Gasteiger partial charge in [0.2, 0.25) is 5.90 Å². The van der Waals surface area contributed by atoms with Gasteiger partial charge < -0.3 is 14.2 Å². The maximum absolute atomic E-state index is 12.3. The van der Waals surface area contributed by atoms with Gasteiger partial charge in [-0.05, 0) is 66.5 Å². The summed E-state index contributed by atoms with van der Waals surface area (Å²) in [5.74, 6) is 0.484. The van der Waals surface area contributed by atoms with Gasteiger partial charge in [0.15, 0.2) is 17.2 Å². The zero-order valence-corrected chi connectivity index (χ0v) is 18.2. The number of nitro groups is 1.